The largest absolute Gasteiger partial charge is 0.317 e. The molecule has 114 valence electrons. The Morgan fingerprint density at radius 3 is 2.55 bits per heavy atom. The maximum atomic E-state index is 3.47. The lowest BCUT2D eigenvalue weighted by Crippen LogP contribution is -2.43. The smallest absolute Gasteiger partial charge is 0.0239 e. The molecule has 1 saturated heterocycles. The number of nitrogens with zero attached hydrogens (tertiary/aromatic N) is 1. The Balaban J connectivity index is 0.00000200. The van der Waals surface area contributed by atoms with Gasteiger partial charge in [0.05, 0.1) is 0 Å². The second kappa shape index (κ2) is 8.66. The van der Waals surface area contributed by atoms with Crippen LogP contribution in [0.5, 0.6) is 0 Å². The number of hydrogen-bond donors (Lipinski definition) is 1. The zero-order valence-corrected chi connectivity index (χ0v) is 13.9. The maximum absolute atomic E-state index is 3.47. The lowest BCUT2D eigenvalue weighted by atomic mass is 10.0. The van der Waals surface area contributed by atoms with Crippen molar-refractivity contribution >= 4 is 12.4 Å². The summed E-state index contributed by atoms with van der Waals surface area (Å²) in [6, 6.07) is 7.60. The zero-order chi connectivity index (χ0) is 13.7. The average molecular weight is 297 g/mol. The molecule has 0 amide bonds. The molecule has 3 heteroatoms. The molecule has 1 aliphatic heterocycles. The van der Waals surface area contributed by atoms with Crippen LogP contribution in [0.4, 0.5) is 0 Å². The van der Waals surface area contributed by atoms with Gasteiger partial charge in [-0.3, -0.25) is 4.90 Å². The molecule has 1 heterocycles. The van der Waals surface area contributed by atoms with Crippen LogP contribution in [-0.4, -0.2) is 30.6 Å². The Bertz CT molecular complexity index is 400. The molecule has 0 radical (unpaired) electrons. The van der Waals surface area contributed by atoms with Gasteiger partial charge in [-0.15, -0.1) is 12.4 Å². The third kappa shape index (κ3) is 4.76. The molecule has 1 aromatic carbocycles. The molecule has 0 aliphatic carbocycles. The molecule has 1 aromatic rings. The fraction of sp³-hybridized carbons (Fsp3) is 0.647. The van der Waals surface area contributed by atoms with E-state index in [1.807, 2.05) is 0 Å². The summed E-state index contributed by atoms with van der Waals surface area (Å²) >= 11 is 0. The predicted molar refractivity (Wildman–Crippen MR) is 89.8 cm³/mol. The van der Waals surface area contributed by atoms with Crippen LogP contribution < -0.4 is 5.32 Å². The number of rotatable bonds is 5. The van der Waals surface area contributed by atoms with E-state index < -0.39 is 0 Å². The van der Waals surface area contributed by atoms with Crippen molar-refractivity contribution < 1.29 is 0 Å². The van der Waals surface area contributed by atoms with E-state index in [9.17, 15) is 0 Å². The van der Waals surface area contributed by atoms with Gasteiger partial charge in [-0.05, 0) is 63.9 Å². The second-order valence-electron chi connectivity index (χ2n) is 5.88. The first-order chi connectivity index (χ1) is 9.20. The predicted octanol–water partition coefficient (Wildman–Crippen LogP) is 3.69. The van der Waals surface area contributed by atoms with Gasteiger partial charge in [-0.1, -0.05) is 30.7 Å². The molecular weight excluding hydrogens is 268 g/mol. The molecule has 2 nitrogen and oxygen atoms in total. The Morgan fingerprint density at radius 2 is 1.90 bits per heavy atom. The van der Waals surface area contributed by atoms with Crippen LogP contribution in [-0.2, 0) is 6.54 Å². The average Bonchev–Trinajstić information content (AvgIpc) is 2.43. The summed E-state index contributed by atoms with van der Waals surface area (Å²) in [6.07, 6.45) is 3.84. The van der Waals surface area contributed by atoms with Crippen molar-refractivity contribution in [3.8, 4) is 0 Å². The summed E-state index contributed by atoms with van der Waals surface area (Å²) in [7, 11) is 0. The quantitative estimate of drug-likeness (QED) is 0.891. The molecule has 0 aromatic heterocycles. The number of halogens is 1. The number of benzene rings is 1. The minimum absolute atomic E-state index is 0. The summed E-state index contributed by atoms with van der Waals surface area (Å²) < 4.78 is 0. The summed E-state index contributed by atoms with van der Waals surface area (Å²) in [5, 5.41) is 3.47. The lowest BCUT2D eigenvalue weighted by molar-refractivity contribution is 0.154. The molecular formula is C17H29ClN2. The molecule has 1 fully saturated rings. The van der Waals surface area contributed by atoms with E-state index in [1.165, 1.54) is 55.6 Å². The van der Waals surface area contributed by atoms with Crippen LogP contribution in [0.3, 0.4) is 0 Å². The lowest BCUT2D eigenvalue weighted by Gasteiger charge is -2.35. The molecule has 0 spiro atoms. The fourth-order valence-corrected chi connectivity index (χ4v) is 3.04. The topological polar surface area (TPSA) is 15.3 Å². The van der Waals surface area contributed by atoms with Crippen molar-refractivity contribution in [3.63, 3.8) is 0 Å². The van der Waals surface area contributed by atoms with Gasteiger partial charge in [0.1, 0.15) is 0 Å². The van der Waals surface area contributed by atoms with Crippen molar-refractivity contribution in [2.45, 2.75) is 52.6 Å². The minimum atomic E-state index is 0. The van der Waals surface area contributed by atoms with Crippen LogP contribution in [0.2, 0.25) is 0 Å². The van der Waals surface area contributed by atoms with Crippen molar-refractivity contribution in [2.75, 3.05) is 19.6 Å². The first-order valence-corrected chi connectivity index (χ1v) is 7.71. The van der Waals surface area contributed by atoms with E-state index in [-0.39, 0.29) is 12.4 Å². The molecule has 0 unspecified atom stereocenters. The van der Waals surface area contributed by atoms with Gasteiger partial charge in [0.25, 0.3) is 0 Å². The highest BCUT2D eigenvalue weighted by Gasteiger charge is 2.20. The van der Waals surface area contributed by atoms with Gasteiger partial charge in [0.15, 0.2) is 0 Å². The van der Waals surface area contributed by atoms with E-state index >= 15 is 0 Å². The Kier molecular flexibility index (Phi) is 7.57. The summed E-state index contributed by atoms with van der Waals surface area (Å²) in [5.41, 5.74) is 4.31. The van der Waals surface area contributed by atoms with Crippen molar-refractivity contribution in [2.24, 2.45) is 0 Å². The molecule has 1 aliphatic rings. The standard InChI is InChI=1S/C17H28N2.ClH/c1-4-11-19(17-7-9-18-10-8-17)13-16-12-14(2)5-6-15(16)3;/h5-6,12,17-18H,4,7-11,13H2,1-3H3;1H. The molecule has 2 rings (SSSR count). The van der Waals surface area contributed by atoms with Gasteiger partial charge in [-0.2, -0.15) is 0 Å². The van der Waals surface area contributed by atoms with E-state index in [0.717, 1.165) is 12.6 Å². The van der Waals surface area contributed by atoms with Crippen LogP contribution >= 0.6 is 12.4 Å². The van der Waals surface area contributed by atoms with Crippen LogP contribution in [0, 0.1) is 13.8 Å². The number of nitrogens with one attached hydrogen (secondary N) is 1. The van der Waals surface area contributed by atoms with Crippen LogP contribution in [0.15, 0.2) is 18.2 Å². The normalized spacial score (nSPS) is 16.2. The monoisotopic (exact) mass is 296 g/mol. The van der Waals surface area contributed by atoms with E-state index in [2.05, 4.69) is 49.2 Å². The van der Waals surface area contributed by atoms with Crippen molar-refractivity contribution in [1.82, 2.24) is 10.2 Å². The van der Waals surface area contributed by atoms with Crippen molar-refractivity contribution in [1.29, 1.82) is 0 Å². The number of piperidine rings is 1. The highest BCUT2D eigenvalue weighted by atomic mass is 35.5. The highest BCUT2D eigenvalue weighted by Crippen LogP contribution is 2.19. The number of aryl methyl sites for hydroxylation is 2. The third-order valence-electron chi connectivity index (χ3n) is 4.21. The maximum Gasteiger partial charge on any atom is 0.0239 e. The molecule has 20 heavy (non-hydrogen) atoms. The fourth-order valence-electron chi connectivity index (χ4n) is 3.04. The zero-order valence-electron chi connectivity index (χ0n) is 13.1. The first kappa shape index (κ1) is 17.5. The van der Waals surface area contributed by atoms with E-state index in [1.54, 1.807) is 0 Å². The Labute approximate surface area is 130 Å². The second-order valence-corrected chi connectivity index (χ2v) is 5.88. The van der Waals surface area contributed by atoms with Crippen molar-refractivity contribution in [3.05, 3.63) is 34.9 Å². The molecule has 0 bridgehead atoms. The van der Waals surface area contributed by atoms with Gasteiger partial charge in [-0.25, -0.2) is 0 Å². The van der Waals surface area contributed by atoms with Gasteiger partial charge < -0.3 is 5.32 Å². The minimum Gasteiger partial charge on any atom is -0.317 e. The first-order valence-electron chi connectivity index (χ1n) is 7.71. The SMILES string of the molecule is CCCN(Cc1cc(C)ccc1C)C1CCNCC1.Cl. The summed E-state index contributed by atoms with van der Waals surface area (Å²) in [5.74, 6) is 0. The van der Waals surface area contributed by atoms with Crippen LogP contribution in [0.1, 0.15) is 42.9 Å². The van der Waals surface area contributed by atoms with Gasteiger partial charge in [0, 0.05) is 12.6 Å². The number of hydrogen-bond acceptors (Lipinski definition) is 2. The molecule has 0 atom stereocenters. The highest BCUT2D eigenvalue weighted by molar-refractivity contribution is 5.85. The summed E-state index contributed by atoms with van der Waals surface area (Å²) in [4.78, 5) is 2.70. The summed E-state index contributed by atoms with van der Waals surface area (Å²) in [6.45, 7) is 11.4. The third-order valence-corrected chi connectivity index (χ3v) is 4.21. The Hall–Kier alpha value is -0.570. The Morgan fingerprint density at radius 1 is 1.20 bits per heavy atom. The van der Waals surface area contributed by atoms with Crippen LogP contribution in [0.25, 0.3) is 0 Å². The molecule has 0 saturated carbocycles. The van der Waals surface area contributed by atoms with Gasteiger partial charge >= 0.3 is 0 Å². The van der Waals surface area contributed by atoms with E-state index in [4.69, 9.17) is 0 Å². The van der Waals surface area contributed by atoms with E-state index in [0.29, 0.717) is 0 Å². The van der Waals surface area contributed by atoms with Gasteiger partial charge in [0.2, 0.25) is 0 Å². The molecule has 1 N–H and O–H groups in total.